The van der Waals surface area contributed by atoms with E-state index in [1.165, 1.54) is 24.3 Å². The highest BCUT2D eigenvalue weighted by Crippen LogP contribution is 2.30. The minimum atomic E-state index is -3.34. The van der Waals surface area contributed by atoms with Crippen LogP contribution in [-0.2, 0) is 9.84 Å². The third-order valence-corrected chi connectivity index (χ3v) is 5.90. The maximum atomic E-state index is 13.7. The third-order valence-electron chi connectivity index (χ3n) is 4.52. The summed E-state index contributed by atoms with van der Waals surface area (Å²) in [5.41, 5.74) is 2.68. The lowest BCUT2D eigenvalue weighted by Crippen LogP contribution is -2.01. The predicted octanol–water partition coefficient (Wildman–Crippen LogP) is 5.54. The number of hydrogen-bond acceptors (Lipinski definition) is 3. The molecular formula is C22H15ClF2N2O2S. The highest BCUT2D eigenvalue weighted by molar-refractivity contribution is 7.90. The highest BCUT2D eigenvalue weighted by Gasteiger charge is 2.15. The minimum Gasteiger partial charge on any atom is -0.232 e. The lowest BCUT2D eigenvalue weighted by Gasteiger charge is -2.08. The second-order valence-corrected chi connectivity index (χ2v) is 9.21. The molecule has 0 N–H and O–H groups in total. The molecule has 0 bridgehead atoms. The Bertz CT molecular complexity index is 1310. The standard InChI is InChI=1S/C22H15ClF2N2O2S/c1-30(28,29)20-8-6-19(7-9-20)27-22(14-2-4-16(23)5-3-14)13-21(26-27)15-10-17(24)12-18(25)11-15/h2-13H,1H3. The molecule has 4 rings (SSSR count). The molecule has 0 saturated carbocycles. The first-order chi connectivity index (χ1) is 14.2. The molecule has 3 aromatic carbocycles. The van der Waals surface area contributed by atoms with Crippen LogP contribution in [0.5, 0.6) is 0 Å². The Labute approximate surface area is 177 Å². The Kier molecular flexibility index (Phi) is 5.17. The smallest absolute Gasteiger partial charge is 0.175 e. The second kappa shape index (κ2) is 7.66. The van der Waals surface area contributed by atoms with E-state index in [9.17, 15) is 17.2 Å². The number of sulfone groups is 1. The van der Waals surface area contributed by atoms with Gasteiger partial charge in [-0.25, -0.2) is 21.9 Å². The van der Waals surface area contributed by atoms with Gasteiger partial charge in [0.2, 0.25) is 0 Å². The van der Waals surface area contributed by atoms with Gasteiger partial charge in [0.25, 0.3) is 0 Å². The maximum Gasteiger partial charge on any atom is 0.175 e. The van der Waals surface area contributed by atoms with Gasteiger partial charge in [-0.15, -0.1) is 0 Å². The van der Waals surface area contributed by atoms with E-state index in [4.69, 9.17) is 11.6 Å². The summed E-state index contributed by atoms with van der Waals surface area (Å²) in [5.74, 6) is -1.41. The predicted molar refractivity (Wildman–Crippen MR) is 112 cm³/mol. The summed E-state index contributed by atoms with van der Waals surface area (Å²) in [6.45, 7) is 0. The zero-order valence-corrected chi connectivity index (χ0v) is 17.3. The van der Waals surface area contributed by atoms with Crippen LogP contribution in [0.3, 0.4) is 0 Å². The Morgan fingerprint density at radius 3 is 2.00 bits per heavy atom. The van der Waals surface area contributed by atoms with Crippen LogP contribution >= 0.6 is 11.6 Å². The average Bonchev–Trinajstić information content (AvgIpc) is 3.13. The fourth-order valence-corrected chi connectivity index (χ4v) is 3.84. The first kappa shape index (κ1) is 20.3. The van der Waals surface area contributed by atoms with Crippen molar-refractivity contribution in [1.29, 1.82) is 0 Å². The van der Waals surface area contributed by atoms with E-state index in [-0.39, 0.29) is 10.5 Å². The van der Waals surface area contributed by atoms with Crippen molar-refractivity contribution < 1.29 is 17.2 Å². The van der Waals surface area contributed by atoms with Crippen LogP contribution in [0.4, 0.5) is 8.78 Å². The molecule has 4 aromatic rings. The van der Waals surface area contributed by atoms with Gasteiger partial charge in [0.1, 0.15) is 11.6 Å². The molecule has 4 nitrogen and oxygen atoms in total. The van der Waals surface area contributed by atoms with Crippen LogP contribution in [-0.4, -0.2) is 24.5 Å². The van der Waals surface area contributed by atoms with Crippen LogP contribution in [0.2, 0.25) is 5.02 Å². The Hall–Kier alpha value is -3.03. The molecular weight excluding hydrogens is 430 g/mol. The van der Waals surface area contributed by atoms with Crippen LogP contribution in [0.15, 0.2) is 77.7 Å². The van der Waals surface area contributed by atoms with Crippen molar-refractivity contribution in [2.24, 2.45) is 0 Å². The van der Waals surface area contributed by atoms with Crippen molar-refractivity contribution in [3.05, 3.63) is 89.5 Å². The molecule has 0 aliphatic carbocycles. The molecule has 0 spiro atoms. The van der Waals surface area contributed by atoms with E-state index in [0.29, 0.717) is 22.1 Å². The second-order valence-electron chi connectivity index (χ2n) is 6.76. The van der Waals surface area contributed by atoms with Crippen molar-refractivity contribution in [3.63, 3.8) is 0 Å². The molecule has 30 heavy (non-hydrogen) atoms. The molecule has 0 amide bonds. The SMILES string of the molecule is CS(=O)(=O)c1ccc(-n2nc(-c3cc(F)cc(F)c3)cc2-c2ccc(Cl)cc2)cc1. The van der Waals surface area contributed by atoms with E-state index < -0.39 is 21.5 Å². The van der Waals surface area contributed by atoms with E-state index in [1.54, 1.807) is 47.1 Å². The van der Waals surface area contributed by atoms with Gasteiger partial charge in [0.05, 0.1) is 22.0 Å². The van der Waals surface area contributed by atoms with E-state index in [2.05, 4.69) is 5.10 Å². The van der Waals surface area contributed by atoms with Crippen molar-refractivity contribution in [1.82, 2.24) is 9.78 Å². The summed E-state index contributed by atoms with van der Waals surface area (Å²) in [5, 5.41) is 5.09. The van der Waals surface area contributed by atoms with Gasteiger partial charge in [-0.1, -0.05) is 23.7 Å². The molecule has 8 heteroatoms. The fraction of sp³-hybridized carbons (Fsp3) is 0.0455. The summed E-state index contributed by atoms with van der Waals surface area (Å²) in [4.78, 5) is 0.180. The van der Waals surface area contributed by atoms with Gasteiger partial charge in [0, 0.05) is 28.5 Å². The number of halogens is 3. The molecule has 1 heterocycles. The quantitative estimate of drug-likeness (QED) is 0.415. The van der Waals surface area contributed by atoms with Gasteiger partial charge in [-0.05, 0) is 54.6 Å². The summed E-state index contributed by atoms with van der Waals surface area (Å²) in [7, 11) is -3.34. The van der Waals surface area contributed by atoms with Gasteiger partial charge < -0.3 is 0 Å². The molecule has 0 aliphatic heterocycles. The number of nitrogens with zero attached hydrogens (tertiary/aromatic N) is 2. The number of hydrogen-bond donors (Lipinski definition) is 0. The van der Waals surface area contributed by atoms with Crippen LogP contribution in [0.1, 0.15) is 0 Å². The molecule has 0 saturated heterocycles. The van der Waals surface area contributed by atoms with Crippen molar-refractivity contribution in [3.8, 4) is 28.2 Å². The maximum absolute atomic E-state index is 13.7. The Morgan fingerprint density at radius 2 is 1.43 bits per heavy atom. The number of rotatable bonds is 4. The van der Waals surface area contributed by atoms with Crippen molar-refractivity contribution in [2.45, 2.75) is 4.90 Å². The molecule has 1 aromatic heterocycles. The zero-order valence-electron chi connectivity index (χ0n) is 15.7. The van der Waals surface area contributed by atoms with E-state index in [0.717, 1.165) is 17.9 Å². The first-order valence-electron chi connectivity index (χ1n) is 8.84. The van der Waals surface area contributed by atoms with Gasteiger partial charge in [-0.3, -0.25) is 0 Å². The third kappa shape index (κ3) is 4.13. The van der Waals surface area contributed by atoms with Crippen molar-refractivity contribution in [2.75, 3.05) is 6.26 Å². The Morgan fingerprint density at radius 1 is 0.833 bits per heavy atom. The van der Waals surface area contributed by atoms with Crippen LogP contribution < -0.4 is 0 Å². The molecule has 0 radical (unpaired) electrons. The summed E-state index contributed by atoms with van der Waals surface area (Å²) < 4.78 is 52.5. The van der Waals surface area contributed by atoms with Crippen LogP contribution in [0.25, 0.3) is 28.2 Å². The van der Waals surface area contributed by atoms with Gasteiger partial charge in [0.15, 0.2) is 9.84 Å². The number of aromatic nitrogens is 2. The topological polar surface area (TPSA) is 52.0 Å². The summed E-state index contributed by atoms with van der Waals surface area (Å²) in [6.07, 6.45) is 1.13. The minimum absolute atomic E-state index is 0.180. The lowest BCUT2D eigenvalue weighted by molar-refractivity contribution is 0.584. The highest BCUT2D eigenvalue weighted by atomic mass is 35.5. The lowest BCUT2D eigenvalue weighted by atomic mass is 10.1. The van der Waals surface area contributed by atoms with Gasteiger partial charge in [-0.2, -0.15) is 5.10 Å². The summed E-state index contributed by atoms with van der Waals surface area (Å²) >= 11 is 5.99. The fourth-order valence-electron chi connectivity index (χ4n) is 3.08. The Balaban J connectivity index is 1.89. The monoisotopic (exact) mass is 444 g/mol. The average molecular weight is 445 g/mol. The summed E-state index contributed by atoms with van der Waals surface area (Å²) in [6, 6.07) is 18.2. The number of benzene rings is 3. The normalized spacial score (nSPS) is 11.6. The molecule has 0 fully saturated rings. The largest absolute Gasteiger partial charge is 0.232 e. The molecule has 152 valence electrons. The van der Waals surface area contributed by atoms with E-state index in [1.807, 2.05) is 0 Å². The zero-order chi connectivity index (χ0) is 21.5. The molecule has 0 aliphatic rings. The van der Waals surface area contributed by atoms with Gasteiger partial charge >= 0.3 is 0 Å². The first-order valence-corrected chi connectivity index (χ1v) is 11.1. The van der Waals surface area contributed by atoms with E-state index >= 15 is 0 Å². The van der Waals surface area contributed by atoms with Crippen molar-refractivity contribution >= 4 is 21.4 Å². The molecule has 0 atom stereocenters. The van der Waals surface area contributed by atoms with Crippen LogP contribution in [0, 0.1) is 11.6 Å². The molecule has 0 unspecified atom stereocenters.